The number of carbonyl (C=O) groups is 1. The molecule has 2 rings (SSSR count). The van der Waals surface area contributed by atoms with Gasteiger partial charge in [0.1, 0.15) is 0 Å². The van der Waals surface area contributed by atoms with E-state index in [-0.39, 0.29) is 17.3 Å². The summed E-state index contributed by atoms with van der Waals surface area (Å²) in [6.07, 6.45) is 1.34. The van der Waals surface area contributed by atoms with E-state index in [0.29, 0.717) is 13.1 Å². The van der Waals surface area contributed by atoms with E-state index in [0.717, 1.165) is 0 Å². The molecule has 5 nitrogen and oxygen atoms in total. The highest BCUT2D eigenvalue weighted by molar-refractivity contribution is 5.95. The van der Waals surface area contributed by atoms with Crippen LogP contribution in [0.25, 0.3) is 0 Å². The number of aromatic nitrogens is 1. The largest absolute Gasteiger partial charge is 0.381 e. The van der Waals surface area contributed by atoms with E-state index in [9.17, 15) is 9.18 Å². The number of morpholine rings is 1. The van der Waals surface area contributed by atoms with Crippen molar-refractivity contribution in [3.05, 3.63) is 23.6 Å². The van der Waals surface area contributed by atoms with Gasteiger partial charge in [-0.1, -0.05) is 0 Å². The Morgan fingerprint density at radius 3 is 2.45 bits per heavy atom. The number of nitrogens with zero attached hydrogens (tertiary/aromatic N) is 2. The Hall–Kier alpha value is -1.69. The van der Waals surface area contributed by atoms with Crippen LogP contribution in [0.3, 0.4) is 0 Å². The number of carbonyl (C=O) groups excluding carboxylic acids is 1. The SMILES string of the molecule is CC1(C)CN(C(=O)c2ccnc(N)c2F)CC(C)(C)O1. The molecule has 1 aliphatic heterocycles. The van der Waals surface area contributed by atoms with E-state index in [1.54, 1.807) is 4.90 Å². The second kappa shape index (κ2) is 4.70. The number of nitrogens with two attached hydrogens (primary N) is 1. The van der Waals surface area contributed by atoms with Crippen LogP contribution in [0.15, 0.2) is 12.3 Å². The molecule has 2 heterocycles. The van der Waals surface area contributed by atoms with Crippen LogP contribution >= 0.6 is 0 Å². The standard InChI is InChI=1S/C14H20FN3O2/c1-13(2)7-18(8-14(3,4)20-13)12(19)9-5-6-17-11(16)10(9)15/h5-6H,7-8H2,1-4H3,(H2,16,17). The molecule has 1 amide bonds. The molecule has 0 unspecified atom stereocenters. The highest BCUT2D eigenvalue weighted by Crippen LogP contribution is 2.29. The average Bonchev–Trinajstić information content (AvgIpc) is 2.28. The van der Waals surface area contributed by atoms with Crippen molar-refractivity contribution in [1.82, 2.24) is 9.88 Å². The smallest absolute Gasteiger partial charge is 0.257 e. The summed E-state index contributed by atoms with van der Waals surface area (Å²) in [4.78, 5) is 17.7. The molecule has 0 radical (unpaired) electrons. The second-order valence-electron chi connectivity index (χ2n) is 6.34. The number of rotatable bonds is 1. The van der Waals surface area contributed by atoms with Crippen molar-refractivity contribution in [1.29, 1.82) is 0 Å². The number of nitrogen functional groups attached to an aromatic ring is 1. The van der Waals surface area contributed by atoms with Crippen LogP contribution < -0.4 is 5.73 Å². The zero-order valence-electron chi connectivity index (χ0n) is 12.2. The summed E-state index contributed by atoms with van der Waals surface area (Å²) in [5.74, 6) is -1.41. The Kier molecular flexibility index (Phi) is 3.46. The van der Waals surface area contributed by atoms with Crippen LogP contribution in [0.5, 0.6) is 0 Å². The lowest BCUT2D eigenvalue weighted by molar-refractivity contribution is -0.171. The summed E-state index contributed by atoms with van der Waals surface area (Å²) >= 11 is 0. The molecule has 110 valence electrons. The van der Waals surface area contributed by atoms with Gasteiger partial charge in [0.05, 0.1) is 16.8 Å². The minimum Gasteiger partial charge on any atom is -0.381 e. The molecule has 2 N–H and O–H groups in total. The zero-order chi connectivity index (χ0) is 15.1. The summed E-state index contributed by atoms with van der Waals surface area (Å²) in [6, 6.07) is 1.35. The molecule has 0 atom stereocenters. The highest BCUT2D eigenvalue weighted by Gasteiger charge is 2.40. The summed E-state index contributed by atoms with van der Waals surface area (Å²) in [5, 5.41) is 0. The topological polar surface area (TPSA) is 68.5 Å². The highest BCUT2D eigenvalue weighted by atomic mass is 19.1. The number of anilines is 1. The Balaban J connectivity index is 2.31. The van der Waals surface area contributed by atoms with Crippen molar-refractivity contribution < 1.29 is 13.9 Å². The quantitative estimate of drug-likeness (QED) is 0.852. The maximum atomic E-state index is 13.9. The van der Waals surface area contributed by atoms with Crippen LogP contribution in [0, 0.1) is 5.82 Å². The van der Waals surface area contributed by atoms with E-state index in [4.69, 9.17) is 10.5 Å². The van der Waals surface area contributed by atoms with Gasteiger partial charge in [-0.15, -0.1) is 0 Å². The molecule has 0 saturated carbocycles. The van der Waals surface area contributed by atoms with Crippen molar-refractivity contribution in [2.45, 2.75) is 38.9 Å². The maximum absolute atomic E-state index is 13.9. The van der Waals surface area contributed by atoms with Gasteiger partial charge < -0.3 is 15.4 Å². The van der Waals surface area contributed by atoms with Gasteiger partial charge in [-0.05, 0) is 33.8 Å². The van der Waals surface area contributed by atoms with Gasteiger partial charge in [0.25, 0.3) is 5.91 Å². The van der Waals surface area contributed by atoms with Crippen LogP contribution in [0.1, 0.15) is 38.1 Å². The number of halogens is 1. The first kappa shape index (κ1) is 14.7. The minimum absolute atomic E-state index is 0.0500. The van der Waals surface area contributed by atoms with Gasteiger partial charge in [-0.25, -0.2) is 9.37 Å². The van der Waals surface area contributed by atoms with Crippen molar-refractivity contribution in [2.24, 2.45) is 0 Å². The van der Waals surface area contributed by atoms with E-state index in [2.05, 4.69) is 4.98 Å². The van der Waals surface area contributed by atoms with Gasteiger partial charge >= 0.3 is 0 Å². The molecule has 0 bridgehead atoms. The maximum Gasteiger partial charge on any atom is 0.257 e. The first-order chi connectivity index (χ1) is 9.11. The first-order valence-electron chi connectivity index (χ1n) is 6.51. The molecular formula is C14H20FN3O2. The Bertz CT molecular complexity index is 527. The molecule has 20 heavy (non-hydrogen) atoms. The zero-order valence-corrected chi connectivity index (χ0v) is 12.2. The number of hydrogen-bond acceptors (Lipinski definition) is 4. The summed E-state index contributed by atoms with van der Waals surface area (Å²) in [5.41, 5.74) is 4.40. The van der Waals surface area contributed by atoms with E-state index < -0.39 is 17.0 Å². The van der Waals surface area contributed by atoms with Crippen molar-refractivity contribution in [3.63, 3.8) is 0 Å². The van der Waals surface area contributed by atoms with Gasteiger partial charge in [0, 0.05) is 19.3 Å². The third-order valence-corrected chi connectivity index (χ3v) is 3.13. The number of amides is 1. The molecule has 0 aliphatic carbocycles. The molecule has 1 aromatic heterocycles. The van der Waals surface area contributed by atoms with Crippen LogP contribution in [-0.4, -0.2) is 40.1 Å². The molecular weight excluding hydrogens is 261 g/mol. The van der Waals surface area contributed by atoms with Crippen molar-refractivity contribution >= 4 is 11.7 Å². The third kappa shape index (κ3) is 2.90. The lowest BCUT2D eigenvalue weighted by Crippen LogP contribution is -2.58. The summed E-state index contributed by atoms with van der Waals surface area (Å²) in [7, 11) is 0. The van der Waals surface area contributed by atoms with Crippen molar-refractivity contribution in [2.75, 3.05) is 18.8 Å². The summed E-state index contributed by atoms with van der Waals surface area (Å²) < 4.78 is 19.8. The Labute approximate surface area is 117 Å². The number of hydrogen-bond donors (Lipinski definition) is 1. The van der Waals surface area contributed by atoms with Crippen LogP contribution in [-0.2, 0) is 4.74 Å². The van der Waals surface area contributed by atoms with Gasteiger partial charge in [0.15, 0.2) is 11.6 Å². The van der Waals surface area contributed by atoms with Crippen molar-refractivity contribution in [3.8, 4) is 0 Å². The normalized spacial score (nSPS) is 20.8. The molecule has 1 aliphatic rings. The number of pyridine rings is 1. The molecule has 1 saturated heterocycles. The van der Waals surface area contributed by atoms with E-state index in [1.165, 1.54) is 12.3 Å². The Morgan fingerprint density at radius 1 is 1.35 bits per heavy atom. The number of ether oxygens (including phenoxy) is 1. The fraction of sp³-hybridized carbons (Fsp3) is 0.571. The lowest BCUT2D eigenvalue weighted by atomic mass is 9.98. The molecule has 0 aromatic carbocycles. The average molecular weight is 281 g/mol. The summed E-state index contributed by atoms with van der Waals surface area (Å²) in [6.45, 7) is 8.43. The third-order valence-electron chi connectivity index (χ3n) is 3.13. The molecule has 1 aromatic rings. The predicted molar refractivity (Wildman–Crippen MR) is 73.8 cm³/mol. The molecule has 6 heteroatoms. The molecule has 1 fully saturated rings. The monoisotopic (exact) mass is 281 g/mol. The minimum atomic E-state index is -0.764. The van der Waals surface area contributed by atoms with Crippen LogP contribution in [0.2, 0.25) is 0 Å². The van der Waals surface area contributed by atoms with E-state index >= 15 is 0 Å². The fourth-order valence-corrected chi connectivity index (χ4v) is 2.73. The second-order valence-corrected chi connectivity index (χ2v) is 6.34. The first-order valence-corrected chi connectivity index (χ1v) is 6.51. The lowest BCUT2D eigenvalue weighted by Gasteiger charge is -2.47. The van der Waals surface area contributed by atoms with E-state index in [1.807, 2.05) is 27.7 Å². The Morgan fingerprint density at radius 2 is 1.90 bits per heavy atom. The van der Waals surface area contributed by atoms with Gasteiger partial charge in [0.2, 0.25) is 0 Å². The predicted octanol–water partition coefficient (Wildman–Crippen LogP) is 1.83. The fourth-order valence-electron chi connectivity index (χ4n) is 2.73. The van der Waals surface area contributed by atoms with Gasteiger partial charge in [-0.2, -0.15) is 0 Å². The van der Waals surface area contributed by atoms with Gasteiger partial charge in [-0.3, -0.25) is 4.79 Å². The van der Waals surface area contributed by atoms with Crippen LogP contribution in [0.4, 0.5) is 10.2 Å². The molecule has 0 spiro atoms.